The highest BCUT2D eigenvalue weighted by atomic mass is 35.5. The van der Waals surface area contributed by atoms with Crippen molar-refractivity contribution in [2.24, 2.45) is 5.84 Å². The normalized spacial score (nSPS) is 19.4. The van der Waals surface area contributed by atoms with Gasteiger partial charge in [0.25, 0.3) is 0 Å². The first-order valence-electron chi connectivity index (χ1n) is 6.95. The first-order valence-corrected chi connectivity index (χ1v) is 7.33. The van der Waals surface area contributed by atoms with E-state index in [1.54, 1.807) is 0 Å². The van der Waals surface area contributed by atoms with Crippen molar-refractivity contribution in [3.63, 3.8) is 0 Å². The van der Waals surface area contributed by atoms with Crippen molar-refractivity contribution in [1.29, 1.82) is 0 Å². The van der Waals surface area contributed by atoms with E-state index in [0.717, 1.165) is 35.5 Å². The Morgan fingerprint density at radius 1 is 1.25 bits per heavy atom. The van der Waals surface area contributed by atoms with Gasteiger partial charge in [0, 0.05) is 22.8 Å². The molecule has 1 aliphatic carbocycles. The van der Waals surface area contributed by atoms with Gasteiger partial charge in [0.1, 0.15) is 0 Å². The fraction of sp³-hybridized carbons (Fsp3) is 0.312. The minimum atomic E-state index is -0.00218. The first kappa shape index (κ1) is 13.6. The zero-order valence-corrected chi connectivity index (χ0v) is 12.0. The summed E-state index contributed by atoms with van der Waals surface area (Å²) in [4.78, 5) is 4.59. The van der Waals surface area contributed by atoms with Crippen molar-refractivity contribution in [3.8, 4) is 0 Å². The van der Waals surface area contributed by atoms with Crippen LogP contribution in [0.15, 0.2) is 42.6 Å². The molecule has 0 saturated carbocycles. The van der Waals surface area contributed by atoms with E-state index in [-0.39, 0.29) is 12.0 Å². The number of benzene rings is 1. The molecule has 2 atom stereocenters. The van der Waals surface area contributed by atoms with Crippen LogP contribution in [0.25, 0.3) is 0 Å². The minimum absolute atomic E-state index is 0.00218. The highest BCUT2D eigenvalue weighted by Gasteiger charge is 2.30. The number of nitrogens with one attached hydrogen (secondary N) is 1. The van der Waals surface area contributed by atoms with Gasteiger partial charge in [-0.05, 0) is 42.5 Å². The molecule has 0 saturated heterocycles. The average Bonchev–Trinajstić information content (AvgIpc) is 2.50. The topological polar surface area (TPSA) is 50.9 Å². The number of pyridine rings is 1. The van der Waals surface area contributed by atoms with Gasteiger partial charge >= 0.3 is 0 Å². The lowest BCUT2D eigenvalue weighted by Crippen LogP contribution is -2.34. The summed E-state index contributed by atoms with van der Waals surface area (Å²) in [6, 6.07) is 12.0. The van der Waals surface area contributed by atoms with Gasteiger partial charge in [0.15, 0.2) is 0 Å². The second-order valence-electron chi connectivity index (χ2n) is 5.21. The molecule has 3 nitrogen and oxygen atoms in total. The van der Waals surface area contributed by atoms with Gasteiger partial charge in [0.2, 0.25) is 0 Å². The zero-order chi connectivity index (χ0) is 13.9. The standard InChI is InChI=1S/C16H18ClN3/c17-14-9-2-1-7-12(14)16(20-18)13-8-3-5-11-6-4-10-19-15(11)13/h1-2,4,6-7,9-10,13,16,20H,3,5,8,18H2. The van der Waals surface area contributed by atoms with Crippen LogP contribution in [0.4, 0.5) is 0 Å². The molecule has 3 rings (SSSR count). The predicted octanol–water partition coefficient (Wildman–Crippen LogP) is 3.36. The third kappa shape index (κ3) is 2.44. The van der Waals surface area contributed by atoms with Gasteiger partial charge < -0.3 is 0 Å². The lowest BCUT2D eigenvalue weighted by molar-refractivity contribution is 0.400. The first-order chi connectivity index (χ1) is 9.81. The summed E-state index contributed by atoms with van der Waals surface area (Å²) >= 11 is 6.33. The maximum atomic E-state index is 6.33. The van der Waals surface area contributed by atoms with Gasteiger partial charge in [-0.15, -0.1) is 0 Å². The summed E-state index contributed by atoms with van der Waals surface area (Å²) in [5.41, 5.74) is 6.47. The quantitative estimate of drug-likeness (QED) is 0.672. The molecule has 0 bridgehead atoms. The van der Waals surface area contributed by atoms with Gasteiger partial charge in [-0.3, -0.25) is 16.3 Å². The summed E-state index contributed by atoms with van der Waals surface area (Å²) in [5, 5.41) is 0.749. The summed E-state index contributed by atoms with van der Waals surface area (Å²) in [5.74, 6) is 6.09. The summed E-state index contributed by atoms with van der Waals surface area (Å²) in [7, 11) is 0. The van der Waals surface area contributed by atoms with Gasteiger partial charge in [-0.2, -0.15) is 0 Å². The SMILES string of the molecule is NNC(c1ccccc1Cl)C1CCCc2cccnc21. The van der Waals surface area contributed by atoms with Crippen LogP contribution in [-0.2, 0) is 6.42 Å². The smallest absolute Gasteiger partial charge is 0.0558 e. The Hall–Kier alpha value is -1.42. The molecule has 0 radical (unpaired) electrons. The van der Waals surface area contributed by atoms with Crippen LogP contribution in [0.5, 0.6) is 0 Å². The molecule has 0 fully saturated rings. The largest absolute Gasteiger partial charge is 0.271 e. The summed E-state index contributed by atoms with van der Waals surface area (Å²) in [6.45, 7) is 0. The van der Waals surface area contributed by atoms with E-state index in [9.17, 15) is 0 Å². The van der Waals surface area contributed by atoms with Crippen molar-refractivity contribution < 1.29 is 0 Å². The van der Waals surface area contributed by atoms with Crippen LogP contribution >= 0.6 is 11.6 Å². The van der Waals surface area contributed by atoms with Gasteiger partial charge in [-0.25, -0.2) is 0 Å². The van der Waals surface area contributed by atoms with E-state index in [1.807, 2.05) is 36.5 Å². The lowest BCUT2D eigenvalue weighted by atomic mass is 9.80. The molecular formula is C16H18ClN3. The average molecular weight is 288 g/mol. The maximum Gasteiger partial charge on any atom is 0.0558 e. The van der Waals surface area contributed by atoms with Gasteiger partial charge in [0.05, 0.1) is 6.04 Å². The van der Waals surface area contributed by atoms with Crippen LogP contribution in [0.3, 0.4) is 0 Å². The van der Waals surface area contributed by atoms with Crippen LogP contribution in [0, 0.1) is 0 Å². The third-order valence-electron chi connectivity index (χ3n) is 4.06. The fourth-order valence-corrected chi connectivity index (χ4v) is 3.37. The van der Waals surface area contributed by atoms with Crippen LogP contribution in [0.2, 0.25) is 5.02 Å². The number of nitrogens with two attached hydrogens (primary N) is 1. The second kappa shape index (κ2) is 5.92. The van der Waals surface area contributed by atoms with E-state index in [1.165, 1.54) is 5.56 Å². The van der Waals surface area contributed by atoms with E-state index in [4.69, 9.17) is 17.4 Å². The Morgan fingerprint density at radius 2 is 2.10 bits per heavy atom. The maximum absolute atomic E-state index is 6.33. The van der Waals surface area contributed by atoms with Crippen molar-refractivity contribution in [1.82, 2.24) is 10.4 Å². The molecular weight excluding hydrogens is 270 g/mol. The molecule has 1 aromatic carbocycles. The lowest BCUT2D eigenvalue weighted by Gasteiger charge is -2.31. The molecule has 4 heteroatoms. The number of halogens is 1. The van der Waals surface area contributed by atoms with Gasteiger partial charge in [-0.1, -0.05) is 35.9 Å². The number of nitrogens with zero attached hydrogens (tertiary/aromatic N) is 1. The van der Waals surface area contributed by atoms with E-state index in [0.29, 0.717) is 0 Å². The van der Waals surface area contributed by atoms with Crippen molar-refractivity contribution >= 4 is 11.6 Å². The third-order valence-corrected chi connectivity index (χ3v) is 4.40. The van der Waals surface area contributed by atoms with Crippen LogP contribution in [0.1, 0.15) is 41.6 Å². The van der Waals surface area contributed by atoms with Crippen molar-refractivity contribution in [2.75, 3.05) is 0 Å². The number of hydrazine groups is 1. The fourth-order valence-electron chi connectivity index (χ4n) is 3.12. The Balaban J connectivity index is 2.01. The molecule has 1 aromatic heterocycles. The molecule has 2 unspecified atom stereocenters. The molecule has 2 aromatic rings. The molecule has 1 aliphatic rings. The predicted molar refractivity (Wildman–Crippen MR) is 81.4 cm³/mol. The molecule has 1 heterocycles. The van der Waals surface area contributed by atoms with Crippen molar-refractivity contribution in [3.05, 3.63) is 64.4 Å². The molecule has 0 amide bonds. The molecule has 104 valence electrons. The second-order valence-corrected chi connectivity index (χ2v) is 5.62. The van der Waals surface area contributed by atoms with Crippen molar-refractivity contribution in [2.45, 2.75) is 31.2 Å². The summed E-state index contributed by atoms with van der Waals surface area (Å²) < 4.78 is 0. The zero-order valence-electron chi connectivity index (χ0n) is 11.2. The Morgan fingerprint density at radius 3 is 2.90 bits per heavy atom. The van der Waals surface area contributed by atoms with E-state index < -0.39 is 0 Å². The minimum Gasteiger partial charge on any atom is -0.271 e. The Labute approximate surface area is 124 Å². The number of fused-ring (bicyclic) bond motifs is 1. The highest BCUT2D eigenvalue weighted by Crippen LogP contribution is 2.40. The van der Waals surface area contributed by atoms with Crippen LogP contribution < -0.4 is 11.3 Å². The molecule has 0 aliphatic heterocycles. The highest BCUT2D eigenvalue weighted by molar-refractivity contribution is 6.31. The Kier molecular flexibility index (Phi) is 4.01. The number of aryl methyl sites for hydroxylation is 1. The number of hydrogen-bond donors (Lipinski definition) is 2. The number of hydrogen-bond acceptors (Lipinski definition) is 3. The van der Waals surface area contributed by atoms with Crippen LogP contribution in [-0.4, -0.2) is 4.98 Å². The number of aromatic nitrogens is 1. The molecule has 3 N–H and O–H groups in total. The number of rotatable bonds is 3. The molecule has 20 heavy (non-hydrogen) atoms. The molecule has 0 spiro atoms. The van der Waals surface area contributed by atoms with E-state index in [2.05, 4.69) is 16.5 Å². The van der Waals surface area contributed by atoms with E-state index >= 15 is 0 Å². The Bertz CT molecular complexity index is 600. The summed E-state index contributed by atoms with van der Waals surface area (Å²) in [6.07, 6.45) is 5.19. The monoisotopic (exact) mass is 287 g/mol.